The van der Waals surface area contributed by atoms with Crippen molar-refractivity contribution in [1.82, 2.24) is 4.90 Å². The van der Waals surface area contributed by atoms with Crippen LogP contribution in [0.5, 0.6) is 0 Å². The van der Waals surface area contributed by atoms with Crippen LogP contribution in [0.25, 0.3) is 0 Å². The van der Waals surface area contributed by atoms with Crippen molar-refractivity contribution < 1.29 is 22.9 Å². The SMILES string of the molecule is O=C(c1cccc(Cl)c1)N1CCN(c2ccc([N+](=O)[O-])cc2C(F)(F)F)CC1. The zero-order chi connectivity index (χ0) is 20.5. The lowest BCUT2D eigenvalue weighted by molar-refractivity contribution is -0.385. The van der Waals surface area contributed by atoms with Crippen LogP contribution < -0.4 is 4.90 Å². The highest BCUT2D eigenvalue weighted by Gasteiger charge is 2.37. The second-order valence-electron chi connectivity index (χ2n) is 6.25. The van der Waals surface area contributed by atoms with Crippen LogP contribution in [0.1, 0.15) is 15.9 Å². The summed E-state index contributed by atoms with van der Waals surface area (Å²) in [7, 11) is 0. The van der Waals surface area contributed by atoms with Gasteiger partial charge in [-0.2, -0.15) is 13.2 Å². The zero-order valence-electron chi connectivity index (χ0n) is 14.4. The minimum absolute atomic E-state index is 0.132. The first-order valence-electron chi connectivity index (χ1n) is 8.32. The number of rotatable bonds is 3. The Morgan fingerprint density at radius 3 is 2.32 bits per heavy atom. The van der Waals surface area contributed by atoms with E-state index in [4.69, 9.17) is 11.6 Å². The van der Waals surface area contributed by atoms with Gasteiger partial charge < -0.3 is 9.80 Å². The van der Waals surface area contributed by atoms with Gasteiger partial charge in [0.2, 0.25) is 0 Å². The molecule has 0 atom stereocenters. The lowest BCUT2D eigenvalue weighted by Crippen LogP contribution is -2.49. The molecule has 0 aliphatic carbocycles. The van der Waals surface area contributed by atoms with Crippen LogP contribution in [0.3, 0.4) is 0 Å². The van der Waals surface area contributed by atoms with Crippen LogP contribution in [0, 0.1) is 10.1 Å². The summed E-state index contributed by atoms with van der Waals surface area (Å²) >= 11 is 5.89. The Labute approximate surface area is 163 Å². The van der Waals surface area contributed by atoms with Gasteiger partial charge in [0, 0.05) is 54.6 Å². The molecule has 2 aromatic rings. The van der Waals surface area contributed by atoms with Crippen molar-refractivity contribution in [2.75, 3.05) is 31.1 Å². The van der Waals surface area contributed by atoms with Crippen molar-refractivity contribution in [2.45, 2.75) is 6.18 Å². The molecule has 0 spiro atoms. The molecule has 2 aromatic carbocycles. The molecule has 148 valence electrons. The third-order valence-corrected chi connectivity index (χ3v) is 4.71. The molecule has 10 heteroatoms. The van der Waals surface area contributed by atoms with Gasteiger partial charge in [-0.05, 0) is 24.3 Å². The maximum Gasteiger partial charge on any atom is 0.418 e. The predicted octanol–water partition coefficient (Wildman–Crippen LogP) is 4.23. The van der Waals surface area contributed by atoms with Gasteiger partial charge in [-0.15, -0.1) is 0 Å². The molecule has 1 saturated heterocycles. The Balaban J connectivity index is 1.78. The lowest BCUT2D eigenvalue weighted by atomic mass is 10.1. The Bertz CT molecular complexity index is 912. The number of nitro benzene ring substituents is 1. The number of carbonyl (C=O) groups excluding carboxylic acids is 1. The highest BCUT2D eigenvalue weighted by Crippen LogP contribution is 2.39. The van der Waals surface area contributed by atoms with Gasteiger partial charge in [0.25, 0.3) is 11.6 Å². The highest BCUT2D eigenvalue weighted by atomic mass is 35.5. The number of alkyl halides is 3. The van der Waals surface area contributed by atoms with E-state index in [0.29, 0.717) is 16.7 Å². The van der Waals surface area contributed by atoms with E-state index >= 15 is 0 Å². The number of hydrogen-bond donors (Lipinski definition) is 0. The molecule has 0 unspecified atom stereocenters. The van der Waals surface area contributed by atoms with E-state index in [1.165, 1.54) is 11.0 Å². The Morgan fingerprint density at radius 1 is 1.07 bits per heavy atom. The van der Waals surface area contributed by atoms with E-state index in [1.54, 1.807) is 23.1 Å². The van der Waals surface area contributed by atoms with Crippen LogP contribution in [0.15, 0.2) is 42.5 Å². The van der Waals surface area contributed by atoms with Crippen LogP contribution >= 0.6 is 11.6 Å². The maximum absolute atomic E-state index is 13.4. The quantitative estimate of drug-likeness (QED) is 0.558. The second kappa shape index (κ2) is 7.67. The number of non-ortho nitro benzene ring substituents is 1. The fourth-order valence-corrected chi connectivity index (χ4v) is 3.29. The molecule has 1 aliphatic rings. The Hall–Kier alpha value is -2.81. The number of nitrogens with zero attached hydrogens (tertiary/aromatic N) is 3. The first-order chi connectivity index (χ1) is 13.2. The lowest BCUT2D eigenvalue weighted by Gasteiger charge is -2.37. The Kier molecular flexibility index (Phi) is 5.46. The fraction of sp³-hybridized carbons (Fsp3) is 0.278. The van der Waals surface area contributed by atoms with Crippen molar-refractivity contribution in [2.24, 2.45) is 0 Å². The number of carbonyl (C=O) groups is 1. The summed E-state index contributed by atoms with van der Waals surface area (Å²) in [4.78, 5) is 25.5. The molecule has 28 heavy (non-hydrogen) atoms. The molecule has 1 aliphatic heterocycles. The number of benzene rings is 2. The molecule has 0 aromatic heterocycles. The molecular formula is C18H15ClF3N3O3. The van der Waals surface area contributed by atoms with Gasteiger partial charge in [0.15, 0.2) is 0 Å². The molecule has 3 rings (SSSR count). The maximum atomic E-state index is 13.4. The number of piperazine rings is 1. The van der Waals surface area contributed by atoms with Crippen LogP contribution in [0.4, 0.5) is 24.5 Å². The zero-order valence-corrected chi connectivity index (χ0v) is 15.2. The number of amides is 1. The molecule has 1 fully saturated rings. The van der Waals surface area contributed by atoms with Crippen molar-refractivity contribution in [3.05, 3.63) is 68.7 Å². The summed E-state index contributed by atoms with van der Waals surface area (Å²) in [5, 5.41) is 11.2. The second-order valence-corrected chi connectivity index (χ2v) is 6.68. The first kappa shape index (κ1) is 19.9. The van der Waals surface area contributed by atoms with Crippen LogP contribution in [0.2, 0.25) is 5.02 Å². The molecule has 0 bridgehead atoms. The third-order valence-electron chi connectivity index (χ3n) is 4.48. The average molecular weight is 414 g/mol. The fourth-order valence-electron chi connectivity index (χ4n) is 3.09. The van der Waals surface area contributed by atoms with Gasteiger partial charge in [-0.25, -0.2) is 0 Å². The van der Waals surface area contributed by atoms with Gasteiger partial charge in [0.1, 0.15) is 0 Å². The number of halogens is 4. The van der Waals surface area contributed by atoms with E-state index in [2.05, 4.69) is 0 Å². The van der Waals surface area contributed by atoms with Gasteiger partial charge in [-0.1, -0.05) is 17.7 Å². The van der Waals surface area contributed by atoms with Crippen molar-refractivity contribution in [3.8, 4) is 0 Å². The minimum atomic E-state index is -4.73. The summed E-state index contributed by atoms with van der Waals surface area (Å²) in [6.07, 6.45) is -4.73. The van der Waals surface area contributed by atoms with Crippen LogP contribution in [-0.4, -0.2) is 41.9 Å². The van der Waals surface area contributed by atoms with E-state index < -0.39 is 22.4 Å². The molecule has 0 radical (unpaired) electrons. The van der Waals surface area contributed by atoms with Gasteiger partial charge in [0.05, 0.1) is 10.5 Å². The molecule has 1 amide bonds. The smallest absolute Gasteiger partial charge is 0.367 e. The standard InChI is InChI=1S/C18H15ClF3N3O3/c19-13-3-1-2-12(10-13)17(26)24-8-6-23(7-9-24)16-5-4-14(25(27)28)11-15(16)18(20,21)22/h1-5,10-11H,6-9H2. The van der Waals surface area contributed by atoms with E-state index in [1.807, 2.05) is 0 Å². The molecule has 0 saturated carbocycles. The monoisotopic (exact) mass is 413 g/mol. The van der Waals surface area contributed by atoms with E-state index in [0.717, 1.165) is 12.1 Å². The summed E-state index contributed by atoms with van der Waals surface area (Å²) in [5.74, 6) is -0.248. The van der Waals surface area contributed by atoms with E-state index in [-0.39, 0.29) is 37.8 Å². The van der Waals surface area contributed by atoms with Gasteiger partial charge in [-0.3, -0.25) is 14.9 Å². The summed E-state index contributed by atoms with van der Waals surface area (Å²) in [6, 6.07) is 9.15. The predicted molar refractivity (Wildman–Crippen MR) is 97.7 cm³/mol. The van der Waals surface area contributed by atoms with Crippen molar-refractivity contribution in [3.63, 3.8) is 0 Å². The average Bonchev–Trinajstić information content (AvgIpc) is 2.66. The van der Waals surface area contributed by atoms with Crippen molar-refractivity contribution in [1.29, 1.82) is 0 Å². The van der Waals surface area contributed by atoms with Crippen LogP contribution in [-0.2, 0) is 6.18 Å². The summed E-state index contributed by atoms with van der Waals surface area (Å²) < 4.78 is 40.2. The molecule has 0 N–H and O–H groups in total. The molecular weight excluding hydrogens is 399 g/mol. The largest absolute Gasteiger partial charge is 0.418 e. The minimum Gasteiger partial charge on any atom is -0.367 e. The van der Waals surface area contributed by atoms with Gasteiger partial charge >= 0.3 is 6.18 Å². The number of nitro groups is 1. The third kappa shape index (κ3) is 4.19. The summed E-state index contributed by atoms with van der Waals surface area (Å²) in [5.41, 5.74) is -1.40. The highest BCUT2D eigenvalue weighted by molar-refractivity contribution is 6.30. The molecule has 6 nitrogen and oxygen atoms in total. The topological polar surface area (TPSA) is 66.7 Å². The number of hydrogen-bond acceptors (Lipinski definition) is 4. The first-order valence-corrected chi connectivity index (χ1v) is 8.70. The normalized spacial score (nSPS) is 14.9. The van der Waals surface area contributed by atoms with Crippen molar-refractivity contribution >= 4 is 28.9 Å². The molecule has 1 heterocycles. The van der Waals surface area contributed by atoms with E-state index in [9.17, 15) is 28.1 Å². The summed E-state index contributed by atoms with van der Waals surface area (Å²) in [6.45, 7) is 0.791. The number of anilines is 1. The Morgan fingerprint density at radius 2 is 1.75 bits per heavy atom.